The second-order valence-corrected chi connectivity index (χ2v) is 7.50. The van der Waals surface area contributed by atoms with E-state index in [9.17, 15) is 4.79 Å². The number of imidazole rings is 1. The van der Waals surface area contributed by atoms with Crippen molar-refractivity contribution in [3.63, 3.8) is 0 Å². The third kappa shape index (κ3) is 3.67. The van der Waals surface area contributed by atoms with Gasteiger partial charge in [0, 0.05) is 40.2 Å². The average Bonchev–Trinajstić information content (AvgIpc) is 3.49. The van der Waals surface area contributed by atoms with Gasteiger partial charge in [-0.15, -0.1) is 0 Å². The summed E-state index contributed by atoms with van der Waals surface area (Å²) in [6.45, 7) is 1.58. The Morgan fingerprint density at radius 3 is 2.97 bits per heavy atom. The summed E-state index contributed by atoms with van der Waals surface area (Å²) in [7, 11) is 0. The molecule has 1 aliphatic rings. The number of carbonyl (C=O) groups excluding carboxylic acids is 1. The third-order valence-corrected chi connectivity index (χ3v) is 5.55. The number of nitrogens with zero attached hydrogens (tertiary/aromatic N) is 2. The van der Waals surface area contributed by atoms with Crippen molar-refractivity contribution in [1.29, 1.82) is 0 Å². The van der Waals surface area contributed by atoms with Crippen molar-refractivity contribution in [3.8, 4) is 11.3 Å². The van der Waals surface area contributed by atoms with E-state index in [1.54, 1.807) is 6.20 Å². The Kier molecular flexibility index (Phi) is 4.62. The van der Waals surface area contributed by atoms with Crippen molar-refractivity contribution in [3.05, 3.63) is 72.8 Å². The van der Waals surface area contributed by atoms with Gasteiger partial charge in [-0.2, -0.15) is 0 Å². The minimum Gasteiger partial charge on any atom is -0.355 e. The van der Waals surface area contributed by atoms with E-state index in [4.69, 9.17) is 0 Å². The third-order valence-electron chi connectivity index (χ3n) is 5.55. The topological polar surface area (TPSA) is 76.8 Å². The van der Waals surface area contributed by atoms with Gasteiger partial charge in [0.1, 0.15) is 5.82 Å². The molecule has 6 heteroatoms. The van der Waals surface area contributed by atoms with Crippen LogP contribution in [0.25, 0.3) is 22.2 Å². The van der Waals surface area contributed by atoms with Gasteiger partial charge in [0.15, 0.2) is 0 Å². The summed E-state index contributed by atoms with van der Waals surface area (Å²) in [6.07, 6.45) is 5.45. The number of carbonyl (C=O) groups is 1. The number of hydrogen-bond donors (Lipinski definition) is 3. The zero-order valence-corrected chi connectivity index (χ0v) is 16.1. The number of aromatic nitrogens is 3. The molecule has 3 N–H and O–H groups in total. The van der Waals surface area contributed by atoms with Crippen LogP contribution in [-0.2, 0) is 11.3 Å². The van der Waals surface area contributed by atoms with E-state index >= 15 is 0 Å². The van der Waals surface area contributed by atoms with Crippen LogP contribution >= 0.6 is 0 Å². The Balaban J connectivity index is 1.32. The molecule has 0 bridgehead atoms. The van der Waals surface area contributed by atoms with Crippen molar-refractivity contribution in [2.75, 3.05) is 11.9 Å². The number of anilines is 1. The molecule has 5 rings (SSSR count). The first-order valence-electron chi connectivity index (χ1n) is 9.98. The van der Waals surface area contributed by atoms with E-state index in [1.165, 1.54) is 5.39 Å². The van der Waals surface area contributed by atoms with E-state index in [-0.39, 0.29) is 11.9 Å². The highest BCUT2D eigenvalue weighted by molar-refractivity contribution is 5.95. The Bertz CT molecular complexity index is 1100. The van der Waals surface area contributed by atoms with E-state index in [2.05, 4.69) is 49.4 Å². The van der Waals surface area contributed by atoms with Crippen LogP contribution in [0.15, 0.2) is 67.0 Å². The van der Waals surface area contributed by atoms with E-state index in [0.717, 1.165) is 47.7 Å². The fourth-order valence-electron chi connectivity index (χ4n) is 4.11. The molecule has 1 aliphatic heterocycles. The normalized spacial score (nSPS) is 17.0. The fourth-order valence-corrected chi connectivity index (χ4v) is 4.11. The quantitative estimate of drug-likeness (QED) is 0.483. The highest BCUT2D eigenvalue weighted by Gasteiger charge is 2.31. The molecule has 2 aromatic heterocycles. The molecule has 146 valence electrons. The molecule has 1 fully saturated rings. The largest absolute Gasteiger partial charge is 0.355 e. The second kappa shape index (κ2) is 7.56. The van der Waals surface area contributed by atoms with Crippen LogP contribution in [0.1, 0.15) is 18.7 Å². The summed E-state index contributed by atoms with van der Waals surface area (Å²) in [4.78, 5) is 26.0. The lowest BCUT2D eigenvalue weighted by Gasteiger charge is -2.22. The molecule has 4 aromatic rings. The number of nitrogens with one attached hydrogen (secondary N) is 3. The summed E-state index contributed by atoms with van der Waals surface area (Å²) in [6, 6.07) is 18.2. The van der Waals surface area contributed by atoms with Crippen LogP contribution in [0, 0.1) is 0 Å². The number of para-hydroxylation sites is 1. The minimum atomic E-state index is -0.128. The van der Waals surface area contributed by atoms with Crippen molar-refractivity contribution >= 4 is 22.5 Å². The number of amides is 1. The van der Waals surface area contributed by atoms with Gasteiger partial charge in [-0.05, 0) is 43.7 Å². The van der Waals surface area contributed by atoms with Gasteiger partial charge in [-0.3, -0.25) is 9.69 Å². The Morgan fingerprint density at radius 2 is 2.10 bits per heavy atom. The first-order valence-corrected chi connectivity index (χ1v) is 9.98. The maximum Gasteiger partial charge on any atom is 0.241 e. The maximum atomic E-state index is 13.0. The van der Waals surface area contributed by atoms with Crippen LogP contribution in [0.5, 0.6) is 0 Å². The van der Waals surface area contributed by atoms with Gasteiger partial charge < -0.3 is 15.3 Å². The van der Waals surface area contributed by atoms with Crippen molar-refractivity contribution in [1.82, 2.24) is 19.9 Å². The highest BCUT2D eigenvalue weighted by Crippen LogP contribution is 2.27. The highest BCUT2D eigenvalue weighted by atomic mass is 16.2. The number of rotatable bonds is 5. The molecule has 0 saturated carbocycles. The maximum absolute atomic E-state index is 13.0. The van der Waals surface area contributed by atoms with Gasteiger partial charge in [0.05, 0.1) is 12.6 Å². The molecular formula is C23H23N5O. The number of hydrogen-bond acceptors (Lipinski definition) is 3. The molecule has 3 heterocycles. The molecule has 1 saturated heterocycles. The first-order chi connectivity index (χ1) is 14.3. The summed E-state index contributed by atoms with van der Waals surface area (Å²) in [5, 5.41) is 4.29. The molecule has 29 heavy (non-hydrogen) atoms. The summed E-state index contributed by atoms with van der Waals surface area (Å²) in [5.41, 5.74) is 4.02. The van der Waals surface area contributed by atoms with Crippen LogP contribution in [0.3, 0.4) is 0 Å². The number of H-pyrrole nitrogens is 2. The number of benzene rings is 2. The lowest BCUT2D eigenvalue weighted by Crippen LogP contribution is -2.39. The van der Waals surface area contributed by atoms with E-state index in [1.807, 2.05) is 36.5 Å². The Hall–Kier alpha value is -3.38. The molecule has 0 aliphatic carbocycles. The van der Waals surface area contributed by atoms with Crippen LogP contribution in [0.2, 0.25) is 0 Å². The molecule has 0 radical (unpaired) electrons. The predicted molar refractivity (Wildman–Crippen MR) is 114 cm³/mol. The molecule has 1 amide bonds. The summed E-state index contributed by atoms with van der Waals surface area (Å²) in [5.74, 6) is 0.938. The van der Waals surface area contributed by atoms with Gasteiger partial charge >= 0.3 is 0 Å². The van der Waals surface area contributed by atoms with Gasteiger partial charge in [-0.1, -0.05) is 30.3 Å². The van der Waals surface area contributed by atoms with Crippen molar-refractivity contribution < 1.29 is 4.79 Å². The first kappa shape index (κ1) is 17.7. The molecule has 0 unspecified atom stereocenters. The molecule has 0 spiro atoms. The fraction of sp³-hybridized carbons (Fsp3) is 0.217. The SMILES string of the molecule is O=C(Nc1cccc(-c2cc3ccccc3[nH]2)c1)[C@H]1CCCN1Cc1ncc[nH]1. The van der Waals surface area contributed by atoms with Crippen molar-refractivity contribution in [2.24, 2.45) is 0 Å². The van der Waals surface area contributed by atoms with Gasteiger partial charge in [0.25, 0.3) is 0 Å². The minimum absolute atomic E-state index is 0.0443. The number of aromatic amines is 2. The van der Waals surface area contributed by atoms with Gasteiger partial charge in [-0.25, -0.2) is 4.98 Å². The van der Waals surface area contributed by atoms with Crippen LogP contribution in [0.4, 0.5) is 5.69 Å². The smallest absolute Gasteiger partial charge is 0.241 e. The van der Waals surface area contributed by atoms with Gasteiger partial charge in [0.2, 0.25) is 5.91 Å². The zero-order valence-electron chi connectivity index (χ0n) is 16.1. The van der Waals surface area contributed by atoms with E-state index < -0.39 is 0 Å². The number of fused-ring (bicyclic) bond motifs is 1. The monoisotopic (exact) mass is 385 g/mol. The molecule has 6 nitrogen and oxygen atoms in total. The number of likely N-dealkylation sites (tertiary alicyclic amines) is 1. The Morgan fingerprint density at radius 1 is 1.17 bits per heavy atom. The van der Waals surface area contributed by atoms with Crippen LogP contribution < -0.4 is 5.32 Å². The zero-order chi connectivity index (χ0) is 19.6. The lowest BCUT2D eigenvalue weighted by molar-refractivity contribution is -0.120. The molecular weight excluding hydrogens is 362 g/mol. The van der Waals surface area contributed by atoms with E-state index in [0.29, 0.717) is 6.54 Å². The van der Waals surface area contributed by atoms with Crippen molar-refractivity contribution in [2.45, 2.75) is 25.4 Å². The summed E-state index contributed by atoms with van der Waals surface area (Å²) >= 11 is 0. The Labute approximate surface area is 169 Å². The standard InChI is InChI=1S/C23H23N5O/c29-23(21-9-4-12-28(21)15-22-24-10-11-25-22)26-18-7-3-6-16(13-18)20-14-17-5-1-2-8-19(17)27-20/h1-3,5-8,10-11,13-14,21,27H,4,9,12,15H2,(H,24,25)(H,26,29)/t21-/m1/s1. The summed E-state index contributed by atoms with van der Waals surface area (Å²) < 4.78 is 0. The second-order valence-electron chi connectivity index (χ2n) is 7.50. The van der Waals surface area contributed by atoms with Crippen LogP contribution in [-0.4, -0.2) is 38.3 Å². The predicted octanol–water partition coefficient (Wildman–Crippen LogP) is 4.16. The lowest BCUT2D eigenvalue weighted by atomic mass is 10.1. The molecule has 2 aromatic carbocycles. The molecule has 1 atom stereocenters. The average molecular weight is 385 g/mol.